The van der Waals surface area contributed by atoms with Crippen molar-refractivity contribution in [1.29, 1.82) is 0 Å². The topological polar surface area (TPSA) is 72.0 Å². The number of hydrogen-bond acceptors (Lipinski definition) is 2. The van der Waals surface area contributed by atoms with E-state index in [0.29, 0.717) is 15.5 Å². The Balaban J connectivity index is 0.000000160. The van der Waals surface area contributed by atoms with E-state index >= 15 is 0 Å². The van der Waals surface area contributed by atoms with Gasteiger partial charge < -0.3 is 20.0 Å². The van der Waals surface area contributed by atoms with Crippen molar-refractivity contribution < 1.29 is 10.0 Å². The van der Waals surface area contributed by atoms with Crippen LogP contribution < -0.4 is 5.46 Å². The fourth-order valence-electron chi connectivity index (χ4n) is 4.67. The first kappa shape index (κ1) is 34.5. The van der Waals surface area contributed by atoms with Crippen molar-refractivity contribution in [2.45, 2.75) is 40.5 Å². The highest BCUT2D eigenvalue weighted by molar-refractivity contribution is 9.10. The number of benzene rings is 4. The maximum atomic E-state index is 8.77. The van der Waals surface area contributed by atoms with Gasteiger partial charge in [0.25, 0.3) is 0 Å². The number of nitrogens with one attached hydrogen (secondary N) is 2. The number of aromatic amines is 2. The molecule has 10 heteroatoms. The van der Waals surface area contributed by atoms with E-state index in [1.165, 1.54) is 16.8 Å². The molecule has 2 aromatic heterocycles. The zero-order valence-corrected chi connectivity index (χ0v) is 29.3. The molecule has 6 rings (SSSR count). The van der Waals surface area contributed by atoms with Crippen molar-refractivity contribution >= 4 is 96.7 Å². The minimum absolute atomic E-state index is 0.345. The summed E-state index contributed by atoms with van der Waals surface area (Å²) in [6.07, 6.45) is 2.00. The number of aromatic nitrogens is 2. The molecule has 0 bridgehead atoms. The Morgan fingerprint density at radius 2 is 1.11 bits per heavy atom. The van der Waals surface area contributed by atoms with E-state index in [0.717, 1.165) is 66.0 Å². The molecule has 0 unspecified atom stereocenters. The average Bonchev–Trinajstić information content (AvgIpc) is 3.56. The van der Waals surface area contributed by atoms with Crippen molar-refractivity contribution in [3.63, 3.8) is 0 Å². The third-order valence-electron chi connectivity index (χ3n) is 7.09. The maximum absolute atomic E-state index is 8.77. The van der Waals surface area contributed by atoms with Gasteiger partial charge in [-0.15, -0.1) is 0 Å². The Bertz CT molecular complexity index is 1880. The van der Waals surface area contributed by atoms with E-state index in [1.807, 2.05) is 44.2 Å². The second-order valence-electron chi connectivity index (χ2n) is 10.5. The van der Waals surface area contributed by atoms with Crippen LogP contribution >= 0.6 is 62.3 Å². The first-order chi connectivity index (χ1) is 20.9. The second kappa shape index (κ2) is 15.2. The van der Waals surface area contributed by atoms with Crippen molar-refractivity contribution in [1.82, 2.24) is 9.97 Å². The summed E-state index contributed by atoms with van der Waals surface area (Å²) >= 11 is 27.9. The summed E-state index contributed by atoms with van der Waals surface area (Å²) in [4.78, 5) is 6.68. The van der Waals surface area contributed by atoms with Gasteiger partial charge in [0.15, 0.2) is 0 Å². The third kappa shape index (κ3) is 8.44. The molecule has 6 aromatic rings. The van der Waals surface area contributed by atoms with Crippen LogP contribution in [0.2, 0.25) is 20.1 Å². The fraction of sp³-hybridized carbons (Fsp3) is 0.176. The molecule has 2 heterocycles. The molecule has 0 spiro atoms. The maximum Gasteiger partial charge on any atom is 0.489 e. The second-order valence-corrected chi connectivity index (χ2v) is 12.9. The summed E-state index contributed by atoms with van der Waals surface area (Å²) in [5.41, 5.74) is 9.06. The van der Waals surface area contributed by atoms with Crippen LogP contribution in [-0.2, 0) is 12.8 Å². The summed E-state index contributed by atoms with van der Waals surface area (Å²) in [5.74, 6) is 0. The van der Waals surface area contributed by atoms with Gasteiger partial charge >= 0.3 is 7.12 Å². The molecule has 0 saturated carbocycles. The van der Waals surface area contributed by atoms with Crippen LogP contribution in [0.25, 0.3) is 32.9 Å². The van der Waals surface area contributed by atoms with Gasteiger partial charge in [-0.2, -0.15) is 0 Å². The third-order valence-corrected chi connectivity index (χ3v) is 9.24. The van der Waals surface area contributed by atoms with E-state index in [-0.39, 0.29) is 0 Å². The molecule has 0 aliphatic carbocycles. The molecule has 0 fully saturated rings. The molecule has 0 atom stereocenters. The molecule has 0 amide bonds. The Morgan fingerprint density at radius 3 is 1.64 bits per heavy atom. The number of hydrogen-bond donors (Lipinski definition) is 4. The molecule has 0 saturated heterocycles. The summed E-state index contributed by atoms with van der Waals surface area (Å²) in [7, 11) is -1.48. The lowest BCUT2D eigenvalue weighted by Crippen LogP contribution is -2.30. The molecule has 0 radical (unpaired) electrons. The van der Waals surface area contributed by atoms with Crippen LogP contribution in [0.5, 0.6) is 0 Å². The first-order valence-electron chi connectivity index (χ1n) is 14.1. The quantitative estimate of drug-likeness (QED) is 0.136. The molecule has 0 aliphatic heterocycles. The minimum atomic E-state index is -1.48. The highest BCUT2D eigenvalue weighted by atomic mass is 79.9. The van der Waals surface area contributed by atoms with Crippen molar-refractivity contribution in [2.24, 2.45) is 0 Å². The zero-order valence-electron chi connectivity index (χ0n) is 24.7. The lowest BCUT2D eigenvalue weighted by Gasteiger charge is -2.08. The molecule has 4 N–H and O–H groups in total. The van der Waals surface area contributed by atoms with Crippen molar-refractivity contribution in [3.05, 3.63) is 120 Å². The fourth-order valence-corrected chi connectivity index (χ4v) is 6.13. The smallest absolute Gasteiger partial charge is 0.423 e. The highest BCUT2D eigenvalue weighted by Crippen LogP contribution is 2.36. The standard InChI is InChI=1S/C17H15Cl2N.C10H9BrClN.C7H8BClO2/c1-3-12-7-11-8-14(16(19)9-17(11)20-12)13-5-4-10(2)6-15(13)18;1-2-7-3-6-4-8(11)9(12)5-10(6)13-7;1-5-2-3-6(8(10)11)7(9)4-5/h4-9,20H,3H2,1-2H3;3-5,13H,2H2,1H3;2-4,10-11H,1H3. The Hall–Kier alpha value is -2.42. The van der Waals surface area contributed by atoms with E-state index in [2.05, 4.69) is 64.0 Å². The van der Waals surface area contributed by atoms with Gasteiger partial charge in [0.05, 0.1) is 10.0 Å². The molecule has 4 aromatic carbocycles. The van der Waals surface area contributed by atoms with Crippen LogP contribution in [0.3, 0.4) is 0 Å². The van der Waals surface area contributed by atoms with E-state index in [1.54, 1.807) is 18.2 Å². The number of aryl methyl sites for hydroxylation is 4. The predicted molar refractivity (Wildman–Crippen MR) is 194 cm³/mol. The Labute approximate surface area is 286 Å². The predicted octanol–water partition coefficient (Wildman–Crippen LogP) is 10.5. The molecule has 228 valence electrons. The van der Waals surface area contributed by atoms with Crippen LogP contribution in [0, 0.1) is 13.8 Å². The number of H-pyrrole nitrogens is 2. The van der Waals surface area contributed by atoms with E-state index in [9.17, 15) is 0 Å². The number of fused-ring (bicyclic) bond motifs is 2. The molecule has 44 heavy (non-hydrogen) atoms. The largest absolute Gasteiger partial charge is 0.489 e. The lowest BCUT2D eigenvalue weighted by molar-refractivity contribution is 0.426. The Kier molecular flexibility index (Phi) is 11.9. The number of halogens is 5. The van der Waals surface area contributed by atoms with Crippen LogP contribution in [0.15, 0.2) is 77.3 Å². The van der Waals surface area contributed by atoms with Crippen LogP contribution in [0.1, 0.15) is 36.4 Å². The minimum Gasteiger partial charge on any atom is -0.423 e. The van der Waals surface area contributed by atoms with Gasteiger partial charge in [-0.3, -0.25) is 0 Å². The summed E-state index contributed by atoms with van der Waals surface area (Å²) in [5, 5.41) is 22.5. The summed E-state index contributed by atoms with van der Waals surface area (Å²) in [6.45, 7) is 8.17. The van der Waals surface area contributed by atoms with Gasteiger partial charge in [-0.1, -0.05) is 84.5 Å². The van der Waals surface area contributed by atoms with Gasteiger partial charge in [-0.25, -0.2) is 0 Å². The molecular formula is C34H32BBrCl4N2O2. The monoisotopic (exact) mass is 730 g/mol. The molecule has 0 aliphatic rings. The van der Waals surface area contributed by atoms with Crippen molar-refractivity contribution in [2.75, 3.05) is 0 Å². The van der Waals surface area contributed by atoms with Crippen molar-refractivity contribution in [3.8, 4) is 11.1 Å². The zero-order chi connectivity index (χ0) is 32.1. The summed E-state index contributed by atoms with van der Waals surface area (Å²) in [6, 6.07) is 23.5. The van der Waals surface area contributed by atoms with Crippen LogP contribution in [0.4, 0.5) is 0 Å². The van der Waals surface area contributed by atoms with Gasteiger partial charge in [0.2, 0.25) is 0 Å². The normalized spacial score (nSPS) is 10.8. The SMILES string of the molecule is CCc1cc2cc(-c3ccc(C)cc3Cl)c(Cl)cc2[nH]1.CCc1cc2cc(Br)c(Cl)cc2[nH]1.Cc1ccc(B(O)O)c(Cl)c1. The first-order valence-corrected chi connectivity index (χ1v) is 16.4. The Morgan fingerprint density at radius 1 is 0.614 bits per heavy atom. The van der Waals surface area contributed by atoms with E-state index in [4.69, 9.17) is 56.5 Å². The van der Waals surface area contributed by atoms with Crippen LogP contribution in [-0.4, -0.2) is 27.1 Å². The number of rotatable bonds is 4. The van der Waals surface area contributed by atoms with Gasteiger partial charge in [-0.05, 0) is 102 Å². The van der Waals surface area contributed by atoms with Gasteiger partial charge in [0, 0.05) is 64.3 Å². The summed E-state index contributed by atoms with van der Waals surface area (Å²) < 4.78 is 0.948. The lowest BCUT2D eigenvalue weighted by atomic mass is 9.80. The van der Waals surface area contributed by atoms with E-state index < -0.39 is 7.12 Å². The van der Waals surface area contributed by atoms with Gasteiger partial charge in [0.1, 0.15) is 0 Å². The highest BCUT2D eigenvalue weighted by Gasteiger charge is 2.14. The molecule has 4 nitrogen and oxygen atoms in total. The average molecular weight is 733 g/mol. The molecular weight excluding hydrogens is 701 g/mol.